The normalized spacial score (nSPS) is 15.1. The van der Waals surface area contributed by atoms with E-state index >= 15 is 0 Å². The zero-order valence-corrected chi connectivity index (χ0v) is 9.03. The maximum atomic E-state index is 9.55. The molecule has 0 aromatic heterocycles. The van der Waals surface area contributed by atoms with E-state index in [1.54, 1.807) is 14.0 Å². The standard InChI is InChI=1S/C12H18O2/c1-9(14-3)8-11-6-4-5-7-12(11)10(2)13/h4-7,9-10,13H,8H2,1-3H3. The second kappa shape index (κ2) is 5.13. The average molecular weight is 194 g/mol. The average Bonchev–Trinajstić information content (AvgIpc) is 2.18. The first-order chi connectivity index (χ1) is 6.65. The molecule has 0 heterocycles. The summed E-state index contributed by atoms with van der Waals surface area (Å²) < 4.78 is 5.21. The number of methoxy groups -OCH3 is 1. The minimum Gasteiger partial charge on any atom is -0.389 e. The molecular formula is C12H18O2. The molecule has 1 rings (SSSR count). The van der Waals surface area contributed by atoms with Gasteiger partial charge in [0.05, 0.1) is 12.2 Å². The molecule has 2 nitrogen and oxygen atoms in total. The minimum atomic E-state index is -0.407. The van der Waals surface area contributed by atoms with Gasteiger partial charge in [-0.05, 0) is 31.4 Å². The highest BCUT2D eigenvalue weighted by molar-refractivity contribution is 5.29. The van der Waals surface area contributed by atoms with Gasteiger partial charge in [-0.2, -0.15) is 0 Å². The van der Waals surface area contributed by atoms with Crippen LogP contribution in [0.1, 0.15) is 31.1 Å². The van der Waals surface area contributed by atoms with Gasteiger partial charge in [-0.1, -0.05) is 24.3 Å². The Kier molecular flexibility index (Phi) is 4.11. The minimum absolute atomic E-state index is 0.190. The maximum Gasteiger partial charge on any atom is 0.0764 e. The van der Waals surface area contributed by atoms with Crippen molar-refractivity contribution in [3.63, 3.8) is 0 Å². The molecule has 1 aromatic rings. The number of rotatable bonds is 4. The van der Waals surface area contributed by atoms with Crippen LogP contribution in [0.3, 0.4) is 0 Å². The van der Waals surface area contributed by atoms with E-state index in [4.69, 9.17) is 4.74 Å². The summed E-state index contributed by atoms with van der Waals surface area (Å²) in [5.41, 5.74) is 2.16. The smallest absolute Gasteiger partial charge is 0.0764 e. The number of aliphatic hydroxyl groups excluding tert-OH is 1. The molecule has 2 heteroatoms. The molecule has 0 amide bonds. The fourth-order valence-electron chi connectivity index (χ4n) is 1.52. The molecule has 78 valence electrons. The second-order valence-corrected chi connectivity index (χ2v) is 3.63. The maximum absolute atomic E-state index is 9.55. The predicted octanol–water partition coefficient (Wildman–Crippen LogP) is 2.32. The lowest BCUT2D eigenvalue weighted by atomic mass is 9.99. The fourth-order valence-corrected chi connectivity index (χ4v) is 1.52. The Labute approximate surface area is 85.5 Å². The van der Waals surface area contributed by atoms with Gasteiger partial charge in [0.15, 0.2) is 0 Å². The Balaban J connectivity index is 2.84. The van der Waals surface area contributed by atoms with Gasteiger partial charge in [0.1, 0.15) is 0 Å². The topological polar surface area (TPSA) is 29.5 Å². The Morgan fingerprint density at radius 2 is 1.93 bits per heavy atom. The SMILES string of the molecule is COC(C)Cc1ccccc1C(C)O. The number of hydrogen-bond acceptors (Lipinski definition) is 2. The Morgan fingerprint density at radius 1 is 1.29 bits per heavy atom. The highest BCUT2D eigenvalue weighted by atomic mass is 16.5. The molecule has 0 aliphatic carbocycles. The summed E-state index contributed by atoms with van der Waals surface area (Å²) in [6.45, 7) is 3.81. The molecule has 2 atom stereocenters. The van der Waals surface area contributed by atoms with Crippen molar-refractivity contribution in [3.05, 3.63) is 35.4 Å². The number of hydrogen-bond donors (Lipinski definition) is 1. The number of ether oxygens (including phenoxy) is 1. The van der Waals surface area contributed by atoms with E-state index in [2.05, 4.69) is 0 Å². The van der Waals surface area contributed by atoms with Gasteiger partial charge in [0, 0.05) is 7.11 Å². The van der Waals surface area contributed by atoms with Gasteiger partial charge in [0.2, 0.25) is 0 Å². The second-order valence-electron chi connectivity index (χ2n) is 3.63. The van der Waals surface area contributed by atoms with E-state index in [1.807, 2.05) is 31.2 Å². The summed E-state index contributed by atoms with van der Waals surface area (Å²) in [6.07, 6.45) is 0.627. The molecule has 0 fully saturated rings. The van der Waals surface area contributed by atoms with E-state index in [-0.39, 0.29) is 6.10 Å². The molecule has 2 unspecified atom stereocenters. The highest BCUT2D eigenvalue weighted by Gasteiger charge is 2.09. The van der Waals surface area contributed by atoms with Gasteiger partial charge in [-0.15, -0.1) is 0 Å². The van der Waals surface area contributed by atoms with Gasteiger partial charge >= 0.3 is 0 Å². The molecule has 1 N–H and O–H groups in total. The van der Waals surface area contributed by atoms with E-state index in [1.165, 1.54) is 0 Å². The van der Waals surface area contributed by atoms with Crippen molar-refractivity contribution in [2.75, 3.05) is 7.11 Å². The summed E-state index contributed by atoms with van der Waals surface area (Å²) in [4.78, 5) is 0. The van der Waals surface area contributed by atoms with Crippen molar-refractivity contribution >= 4 is 0 Å². The number of benzene rings is 1. The third-order valence-electron chi connectivity index (χ3n) is 2.41. The van der Waals surface area contributed by atoms with Crippen LogP contribution < -0.4 is 0 Å². The van der Waals surface area contributed by atoms with Crippen molar-refractivity contribution in [2.45, 2.75) is 32.5 Å². The lowest BCUT2D eigenvalue weighted by Crippen LogP contribution is -2.11. The lowest BCUT2D eigenvalue weighted by Gasteiger charge is -2.15. The third-order valence-corrected chi connectivity index (χ3v) is 2.41. The molecule has 0 saturated carbocycles. The Hall–Kier alpha value is -0.860. The summed E-state index contributed by atoms with van der Waals surface area (Å²) >= 11 is 0. The van der Waals surface area contributed by atoms with Crippen LogP contribution in [0.25, 0.3) is 0 Å². The van der Waals surface area contributed by atoms with E-state index < -0.39 is 6.10 Å². The van der Waals surface area contributed by atoms with Gasteiger partial charge in [0.25, 0.3) is 0 Å². The first kappa shape index (κ1) is 11.2. The molecule has 0 aliphatic heterocycles. The van der Waals surface area contributed by atoms with Crippen LogP contribution in [0, 0.1) is 0 Å². The van der Waals surface area contributed by atoms with Crippen molar-refractivity contribution in [3.8, 4) is 0 Å². The van der Waals surface area contributed by atoms with Crippen molar-refractivity contribution in [2.24, 2.45) is 0 Å². The lowest BCUT2D eigenvalue weighted by molar-refractivity contribution is 0.117. The highest BCUT2D eigenvalue weighted by Crippen LogP contribution is 2.19. The van der Waals surface area contributed by atoms with Gasteiger partial charge < -0.3 is 9.84 Å². The predicted molar refractivity (Wildman–Crippen MR) is 57.3 cm³/mol. The molecule has 1 aromatic carbocycles. The summed E-state index contributed by atoms with van der Waals surface area (Å²) in [5.74, 6) is 0. The van der Waals surface area contributed by atoms with Crippen LogP contribution in [0.5, 0.6) is 0 Å². The van der Waals surface area contributed by atoms with Crippen molar-refractivity contribution in [1.29, 1.82) is 0 Å². The van der Waals surface area contributed by atoms with Gasteiger partial charge in [-0.3, -0.25) is 0 Å². The van der Waals surface area contributed by atoms with Crippen LogP contribution in [-0.4, -0.2) is 18.3 Å². The fraction of sp³-hybridized carbons (Fsp3) is 0.500. The zero-order valence-electron chi connectivity index (χ0n) is 9.03. The molecular weight excluding hydrogens is 176 g/mol. The van der Waals surface area contributed by atoms with Gasteiger partial charge in [-0.25, -0.2) is 0 Å². The van der Waals surface area contributed by atoms with E-state index in [0.29, 0.717) is 0 Å². The van der Waals surface area contributed by atoms with Crippen LogP contribution >= 0.6 is 0 Å². The summed E-state index contributed by atoms with van der Waals surface area (Å²) in [6, 6.07) is 7.94. The first-order valence-electron chi connectivity index (χ1n) is 4.93. The largest absolute Gasteiger partial charge is 0.389 e. The molecule has 0 aliphatic rings. The Morgan fingerprint density at radius 3 is 2.50 bits per heavy atom. The van der Waals surface area contributed by atoms with Crippen LogP contribution in [0.4, 0.5) is 0 Å². The molecule has 0 bridgehead atoms. The monoisotopic (exact) mass is 194 g/mol. The van der Waals surface area contributed by atoms with E-state index in [9.17, 15) is 5.11 Å². The number of aliphatic hydroxyl groups is 1. The zero-order chi connectivity index (χ0) is 10.6. The quantitative estimate of drug-likeness (QED) is 0.797. The van der Waals surface area contributed by atoms with Crippen LogP contribution in [0.15, 0.2) is 24.3 Å². The van der Waals surface area contributed by atoms with E-state index in [0.717, 1.165) is 17.5 Å². The molecule has 14 heavy (non-hydrogen) atoms. The van der Waals surface area contributed by atoms with Crippen molar-refractivity contribution in [1.82, 2.24) is 0 Å². The third kappa shape index (κ3) is 2.82. The van der Waals surface area contributed by atoms with Crippen LogP contribution in [0.2, 0.25) is 0 Å². The van der Waals surface area contributed by atoms with Crippen molar-refractivity contribution < 1.29 is 9.84 Å². The molecule has 0 radical (unpaired) electrons. The van der Waals surface area contributed by atoms with Crippen LogP contribution in [-0.2, 0) is 11.2 Å². The summed E-state index contributed by atoms with van der Waals surface area (Å²) in [7, 11) is 1.70. The molecule has 0 spiro atoms. The first-order valence-corrected chi connectivity index (χ1v) is 4.93. The molecule has 0 saturated heterocycles. The Bertz CT molecular complexity index is 281. The summed E-state index contributed by atoms with van der Waals surface area (Å²) in [5, 5.41) is 9.55.